The zero-order chi connectivity index (χ0) is 9.84. The summed E-state index contributed by atoms with van der Waals surface area (Å²) in [7, 11) is 0. The van der Waals surface area contributed by atoms with E-state index in [-0.39, 0.29) is 12.1 Å². The summed E-state index contributed by atoms with van der Waals surface area (Å²) in [5.74, 6) is 0. The Labute approximate surface area is 78.7 Å². The predicted molar refractivity (Wildman–Crippen MR) is 50.6 cm³/mol. The molecule has 0 aromatic heterocycles. The number of nitrogens with two attached hydrogens (primary N) is 1. The minimum Gasteiger partial charge on any atom is -0.465 e. The molecule has 4 nitrogen and oxygen atoms in total. The molecule has 0 bridgehead atoms. The number of rotatable bonds is 2. The van der Waals surface area contributed by atoms with Crippen molar-refractivity contribution in [1.82, 2.24) is 4.90 Å². The molecule has 1 fully saturated rings. The fraction of sp³-hybridized carbons (Fsp3) is 0.889. The minimum absolute atomic E-state index is 0.197. The van der Waals surface area contributed by atoms with Crippen molar-refractivity contribution in [2.24, 2.45) is 5.73 Å². The van der Waals surface area contributed by atoms with Gasteiger partial charge in [0, 0.05) is 18.6 Å². The van der Waals surface area contributed by atoms with E-state index in [0.717, 1.165) is 25.7 Å². The molecule has 1 rings (SSSR count). The van der Waals surface area contributed by atoms with Crippen LogP contribution >= 0.6 is 0 Å². The van der Waals surface area contributed by atoms with E-state index in [1.54, 1.807) is 0 Å². The molecule has 0 heterocycles. The molecule has 0 atom stereocenters. The Morgan fingerprint density at radius 3 is 2.38 bits per heavy atom. The smallest absolute Gasteiger partial charge is 0.407 e. The molecular weight excluding hydrogens is 168 g/mol. The van der Waals surface area contributed by atoms with E-state index >= 15 is 0 Å². The lowest BCUT2D eigenvalue weighted by Gasteiger charge is -2.33. The zero-order valence-corrected chi connectivity index (χ0v) is 8.07. The van der Waals surface area contributed by atoms with E-state index in [4.69, 9.17) is 10.8 Å². The van der Waals surface area contributed by atoms with Crippen LogP contribution in [0.25, 0.3) is 0 Å². The van der Waals surface area contributed by atoms with E-state index in [1.165, 1.54) is 4.90 Å². The van der Waals surface area contributed by atoms with Gasteiger partial charge in [0.25, 0.3) is 0 Å². The van der Waals surface area contributed by atoms with Crippen molar-refractivity contribution in [3.63, 3.8) is 0 Å². The molecule has 1 saturated carbocycles. The molecular formula is C9H18N2O2. The van der Waals surface area contributed by atoms with Gasteiger partial charge in [-0.1, -0.05) is 0 Å². The standard InChI is InChI=1S/C9H18N2O2/c1-2-11(9(12)13)8-5-3-7(10)4-6-8/h7-8H,2-6,10H2,1H3,(H,12,13). The molecule has 0 radical (unpaired) electrons. The summed E-state index contributed by atoms with van der Waals surface area (Å²) in [6.45, 7) is 2.46. The summed E-state index contributed by atoms with van der Waals surface area (Å²) in [6, 6.07) is 0.478. The lowest BCUT2D eigenvalue weighted by molar-refractivity contribution is 0.112. The van der Waals surface area contributed by atoms with Gasteiger partial charge in [-0.2, -0.15) is 0 Å². The van der Waals surface area contributed by atoms with Crippen molar-refractivity contribution in [1.29, 1.82) is 0 Å². The van der Waals surface area contributed by atoms with Crippen molar-refractivity contribution in [3.8, 4) is 0 Å². The number of hydrogen-bond donors (Lipinski definition) is 2. The van der Waals surface area contributed by atoms with Crippen molar-refractivity contribution < 1.29 is 9.90 Å². The van der Waals surface area contributed by atoms with E-state index in [1.807, 2.05) is 6.92 Å². The lowest BCUT2D eigenvalue weighted by atomic mass is 9.91. The maximum Gasteiger partial charge on any atom is 0.407 e. The Kier molecular flexibility index (Phi) is 3.54. The largest absolute Gasteiger partial charge is 0.465 e. The predicted octanol–water partition coefficient (Wildman–Crippen LogP) is 1.26. The van der Waals surface area contributed by atoms with Gasteiger partial charge in [-0.15, -0.1) is 0 Å². The van der Waals surface area contributed by atoms with Crippen LogP contribution in [-0.4, -0.2) is 34.7 Å². The highest BCUT2D eigenvalue weighted by Crippen LogP contribution is 2.21. The summed E-state index contributed by atoms with van der Waals surface area (Å²) < 4.78 is 0. The molecule has 1 aliphatic rings. The summed E-state index contributed by atoms with van der Waals surface area (Å²) in [5, 5.41) is 8.89. The van der Waals surface area contributed by atoms with Gasteiger partial charge >= 0.3 is 6.09 Å². The number of carboxylic acid groups (broad SMARTS) is 1. The van der Waals surface area contributed by atoms with E-state index in [2.05, 4.69) is 0 Å². The average Bonchev–Trinajstić information content (AvgIpc) is 2.09. The Morgan fingerprint density at radius 2 is 2.00 bits per heavy atom. The molecule has 4 heteroatoms. The number of hydrogen-bond acceptors (Lipinski definition) is 2. The molecule has 1 amide bonds. The van der Waals surface area contributed by atoms with E-state index < -0.39 is 6.09 Å². The van der Waals surface area contributed by atoms with Crippen LogP contribution < -0.4 is 5.73 Å². The second kappa shape index (κ2) is 4.46. The normalized spacial score (nSPS) is 28.5. The Hall–Kier alpha value is -0.770. The molecule has 0 unspecified atom stereocenters. The van der Waals surface area contributed by atoms with E-state index in [0.29, 0.717) is 6.54 Å². The van der Waals surface area contributed by atoms with Crippen LogP contribution in [0.5, 0.6) is 0 Å². The van der Waals surface area contributed by atoms with Crippen molar-refractivity contribution >= 4 is 6.09 Å². The Balaban J connectivity index is 2.46. The summed E-state index contributed by atoms with van der Waals surface area (Å²) >= 11 is 0. The molecule has 0 spiro atoms. The van der Waals surface area contributed by atoms with Crippen molar-refractivity contribution in [2.45, 2.75) is 44.7 Å². The maximum absolute atomic E-state index is 10.8. The monoisotopic (exact) mass is 186 g/mol. The lowest BCUT2D eigenvalue weighted by Crippen LogP contribution is -2.43. The molecule has 13 heavy (non-hydrogen) atoms. The number of carbonyl (C=O) groups is 1. The van der Waals surface area contributed by atoms with Crippen LogP contribution in [0, 0.1) is 0 Å². The molecule has 76 valence electrons. The van der Waals surface area contributed by atoms with Gasteiger partial charge in [0.05, 0.1) is 0 Å². The topological polar surface area (TPSA) is 66.6 Å². The third-order valence-electron chi connectivity index (χ3n) is 2.77. The summed E-state index contributed by atoms with van der Waals surface area (Å²) in [5.41, 5.74) is 5.75. The SMILES string of the molecule is CCN(C(=O)O)C1CCC(N)CC1. The average molecular weight is 186 g/mol. The molecule has 0 aliphatic heterocycles. The van der Waals surface area contributed by atoms with Crippen LogP contribution in [0.2, 0.25) is 0 Å². The molecule has 3 N–H and O–H groups in total. The van der Waals surface area contributed by atoms with Crippen LogP contribution in [-0.2, 0) is 0 Å². The van der Waals surface area contributed by atoms with Gasteiger partial charge in [0.1, 0.15) is 0 Å². The van der Waals surface area contributed by atoms with Crippen LogP contribution in [0.15, 0.2) is 0 Å². The first-order chi connectivity index (χ1) is 6.15. The first-order valence-electron chi connectivity index (χ1n) is 4.90. The maximum atomic E-state index is 10.8. The minimum atomic E-state index is -0.803. The highest BCUT2D eigenvalue weighted by atomic mass is 16.4. The van der Waals surface area contributed by atoms with E-state index in [9.17, 15) is 4.79 Å². The van der Waals surface area contributed by atoms with Gasteiger partial charge in [-0.05, 0) is 32.6 Å². The second-order valence-electron chi connectivity index (χ2n) is 3.64. The van der Waals surface area contributed by atoms with Crippen LogP contribution in [0.1, 0.15) is 32.6 Å². The third-order valence-corrected chi connectivity index (χ3v) is 2.77. The molecule has 0 aromatic rings. The van der Waals surface area contributed by atoms with Crippen LogP contribution in [0.3, 0.4) is 0 Å². The number of amides is 1. The summed E-state index contributed by atoms with van der Waals surface area (Å²) in [6.07, 6.45) is 2.94. The Morgan fingerprint density at radius 1 is 1.46 bits per heavy atom. The third kappa shape index (κ3) is 2.59. The highest BCUT2D eigenvalue weighted by molar-refractivity contribution is 5.65. The van der Waals surface area contributed by atoms with Gasteiger partial charge in [0.2, 0.25) is 0 Å². The van der Waals surface area contributed by atoms with Gasteiger partial charge in [-0.25, -0.2) is 4.79 Å². The van der Waals surface area contributed by atoms with Crippen molar-refractivity contribution in [2.75, 3.05) is 6.54 Å². The van der Waals surface area contributed by atoms with Gasteiger partial charge in [-0.3, -0.25) is 0 Å². The van der Waals surface area contributed by atoms with Crippen LogP contribution in [0.4, 0.5) is 4.79 Å². The zero-order valence-electron chi connectivity index (χ0n) is 8.07. The van der Waals surface area contributed by atoms with Crippen molar-refractivity contribution in [3.05, 3.63) is 0 Å². The second-order valence-corrected chi connectivity index (χ2v) is 3.64. The van der Waals surface area contributed by atoms with Gasteiger partial charge < -0.3 is 15.7 Å². The highest BCUT2D eigenvalue weighted by Gasteiger charge is 2.25. The Bertz CT molecular complexity index is 176. The molecule has 1 aliphatic carbocycles. The molecule has 0 saturated heterocycles. The fourth-order valence-corrected chi connectivity index (χ4v) is 1.96. The first kappa shape index (κ1) is 10.3. The molecule has 0 aromatic carbocycles. The van der Waals surface area contributed by atoms with Gasteiger partial charge in [0.15, 0.2) is 0 Å². The quantitative estimate of drug-likeness (QED) is 0.682. The number of nitrogens with zero attached hydrogens (tertiary/aromatic N) is 1. The summed E-state index contributed by atoms with van der Waals surface area (Å²) in [4.78, 5) is 12.3. The fourth-order valence-electron chi connectivity index (χ4n) is 1.96. The first-order valence-corrected chi connectivity index (χ1v) is 4.90.